The van der Waals surface area contributed by atoms with Crippen molar-refractivity contribution in [1.82, 2.24) is 0 Å². The second-order valence-corrected chi connectivity index (χ2v) is 5.19. The molecule has 0 saturated carbocycles. The van der Waals surface area contributed by atoms with Gasteiger partial charge in [-0.25, -0.2) is 4.39 Å². The standard InChI is InChI=1S/C17H20FNO2/c1-4-5-10-19-12(2)17(16(20)21-3)11-15(17)13-6-8-14(18)9-7-13/h6-9,11H,4-5,10H2,1-3H3. The van der Waals surface area contributed by atoms with Crippen LogP contribution in [0.3, 0.4) is 0 Å². The zero-order valence-corrected chi connectivity index (χ0v) is 12.6. The molecule has 0 spiro atoms. The van der Waals surface area contributed by atoms with E-state index in [1.54, 1.807) is 12.1 Å². The van der Waals surface area contributed by atoms with E-state index in [9.17, 15) is 9.18 Å². The molecule has 1 aromatic rings. The van der Waals surface area contributed by atoms with E-state index >= 15 is 0 Å². The van der Waals surface area contributed by atoms with E-state index in [1.807, 2.05) is 13.0 Å². The molecule has 4 heteroatoms. The third-order valence-corrected chi connectivity index (χ3v) is 3.80. The largest absolute Gasteiger partial charge is 0.468 e. The molecule has 0 radical (unpaired) electrons. The molecule has 1 aliphatic rings. The van der Waals surface area contributed by atoms with Gasteiger partial charge in [0, 0.05) is 12.3 Å². The minimum Gasteiger partial charge on any atom is -0.468 e. The van der Waals surface area contributed by atoms with Gasteiger partial charge in [-0.05, 0) is 36.6 Å². The second-order valence-electron chi connectivity index (χ2n) is 5.19. The second kappa shape index (κ2) is 6.20. The molecule has 0 fully saturated rings. The third-order valence-electron chi connectivity index (χ3n) is 3.80. The summed E-state index contributed by atoms with van der Waals surface area (Å²) in [7, 11) is 1.37. The van der Waals surface area contributed by atoms with E-state index in [4.69, 9.17) is 4.74 Å². The molecule has 0 aromatic heterocycles. The number of unbranched alkanes of at least 4 members (excludes halogenated alkanes) is 1. The predicted molar refractivity (Wildman–Crippen MR) is 81.7 cm³/mol. The van der Waals surface area contributed by atoms with Crippen molar-refractivity contribution in [3.8, 4) is 0 Å². The summed E-state index contributed by atoms with van der Waals surface area (Å²) in [5.74, 6) is -0.628. The van der Waals surface area contributed by atoms with Gasteiger partial charge in [-0.15, -0.1) is 0 Å². The number of halogens is 1. The lowest BCUT2D eigenvalue weighted by atomic mass is 9.91. The van der Waals surface area contributed by atoms with Crippen LogP contribution in [0.2, 0.25) is 0 Å². The Labute approximate surface area is 124 Å². The summed E-state index contributed by atoms with van der Waals surface area (Å²) in [5, 5.41) is 0. The Morgan fingerprint density at radius 2 is 2.00 bits per heavy atom. The van der Waals surface area contributed by atoms with Crippen LogP contribution in [0.4, 0.5) is 4.39 Å². The summed E-state index contributed by atoms with van der Waals surface area (Å²) in [4.78, 5) is 16.7. The number of ether oxygens (including phenoxy) is 1. The van der Waals surface area contributed by atoms with Crippen LogP contribution in [-0.4, -0.2) is 25.3 Å². The first-order valence-electron chi connectivity index (χ1n) is 7.15. The van der Waals surface area contributed by atoms with Crippen molar-refractivity contribution in [2.75, 3.05) is 13.7 Å². The molecule has 3 nitrogen and oxygen atoms in total. The smallest absolute Gasteiger partial charge is 0.326 e. The van der Waals surface area contributed by atoms with Gasteiger partial charge in [0.25, 0.3) is 0 Å². The Hall–Kier alpha value is -1.97. The molecule has 0 saturated heterocycles. The van der Waals surface area contributed by atoms with E-state index in [1.165, 1.54) is 19.2 Å². The first-order chi connectivity index (χ1) is 10.1. The number of nitrogens with zero attached hydrogens (tertiary/aromatic N) is 1. The van der Waals surface area contributed by atoms with Crippen LogP contribution in [0.25, 0.3) is 5.57 Å². The lowest BCUT2D eigenvalue weighted by molar-refractivity contribution is -0.143. The van der Waals surface area contributed by atoms with Crippen LogP contribution < -0.4 is 0 Å². The highest BCUT2D eigenvalue weighted by Crippen LogP contribution is 2.53. The van der Waals surface area contributed by atoms with Gasteiger partial charge in [0.15, 0.2) is 0 Å². The number of hydrogen-bond acceptors (Lipinski definition) is 3. The van der Waals surface area contributed by atoms with Gasteiger partial charge in [0.05, 0.1) is 7.11 Å². The van der Waals surface area contributed by atoms with Crippen LogP contribution in [0.5, 0.6) is 0 Å². The summed E-state index contributed by atoms with van der Waals surface area (Å²) >= 11 is 0. The molecule has 21 heavy (non-hydrogen) atoms. The van der Waals surface area contributed by atoms with Crippen molar-refractivity contribution in [2.24, 2.45) is 10.4 Å². The molecule has 0 bridgehead atoms. The highest BCUT2D eigenvalue weighted by molar-refractivity contribution is 6.25. The number of carbonyl (C=O) groups is 1. The highest BCUT2D eigenvalue weighted by Gasteiger charge is 2.55. The summed E-state index contributed by atoms with van der Waals surface area (Å²) in [6.07, 6.45) is 3.89. The summed E-state index contributed by atoms with van der Waals surface area (Å²) in [6.45, 7) is 4.64. The molecule has 1 aliphatic carbocycles. The fraction of sp³-hybridized carbons (Fsp3) is 0.412. The van der Waals surface area contributed by atoms with Gasteiger partial charge >= 0.3 is 5.97 Å². The molecule has 2 rings (SSSR count). The number of esters is 1. The molecule has 112 valence electrons. The average Bonchev–Trinajstić information content (AvgIpc) is 3.24. The number of hydrogen-bond donors (Lipinski definition) is 0. The van der Waals surface area contributed by atoms with Crippen molar-refractivity contribution in [3.05, 3.63) is 41.7 Å². The minimum atomic E-state index is -0.861. The maximum atomic E-state index is 13.0. The van der Waals surface area contributed by atoms with Crippen molar-refractivity contribution < 1.29 is 13.9 Å². The lowest BCUT2D eigenvalue weighted by Gasteiger charge is -2.16. The number of aliphatic imine (C=N–C) groups is 1. The fourth-order valence-corrected chi connectivity index (χ4v) is 2.43. The number of methoxy groups -OCH3 is 1. The highest BCUT2D eigenvalue weighted by atomic mass is 19.1. The van der Waals surface area contributed by atoms with E-state index in [-0.39, 0.29) is 11.8 Å². The summed E-state index contributed by atoms with van der Waals surface area (Å²) < 4.78 is 18.0. The van der Waals surface area contributed by atoms with Crippen LogP contribution >= 0.6 is 0 Å². The third kappa shape index (κ3) is 2.89. The molecule has 0 heterocycles. The van der Waals surface area contributed by atoms with Gasteiger partial charge in [-0.1, -0.05) is 31.6 Å². The quantitative estimate of drug-likeness (QED) is 0.455. The van der Waals surface area contributed by atoms with E-state index in [2.05, 4.69) is 11.9 Å². The molecular formula is C17H20FNO2. The zero-order chi connectivity index (χ0) is 15.5. The van der Waals surface area contributed by atoms with Crippen LogP contribution in [0, 0.1) is 11.2 Å². The maximum absolute atomic E-state index is 13.0. The van der Waals surface area contributed by atoms with Crippen molar-refractivity contribution in [3.63, 3.8) is 0 Å². The first-order valence-corrected chi connectivity index (χ1v) is 7.15. The molecule has 0 aliphatic heterocycles. The minimum absolute atomic E-state index is 0.294. The Balaban J connectivity index is 2.25. The molecule has 1 atom stereocenters. The van der Waals surface area contributed by atoms with Crippen molar-refractivity contribution >= 4 is 17.3 Å². The molecular weight excluding hydrogens is 269 g/mol. The Kier molecular flexibility index (Phi) is 4.56. The molecule has 0 amide bonds. The van der Waals surface area contributed by atoms with Crippen molar-refractivity contribution in [2.45, 2.75) is 26.7 Å². The van der Waals surface area contributed by atoms with Gasteiger partial charge in [-0.2, -0.15) is 0 Å². The van der Waals surface area contributed by atoms with Gasteiger partial charge in [-0.3, -0.25) is 9.79 Å². The summed E-state index contributed by atoms with van der Waals surface area (Å²) in [5.41, 5.74) is 1.54. The van der Waals surface area contributed by atoms with Crippen molar-refractivity contribution in [1.29, 1.82) is 0 Å². The first kappa shape index (κ1) is 15.4. The maximum Gasteiger partial charge on any atom is 0.326 e. The monoisotopic (exact) mass is 289 g/mol. The predicted octanol–water partition coefficient (Wildman–Crippen LogP) is 3.64. The van der Waals surface area contributed by atoms with E-state index in [0.29, 0.717) is 6.54 Å². The van der Waals surface area contributed by atoms with Gasteiger partial charge in [0.2, 0.25) is 0 Å². The Bertz CT molecular complexity index is 589. The fourth-order valence-electron chi connectivity index (χ4n) is 2.43. The number of rotatable bonds is 6. The van der Waals surface area contributed by atoms with Crippen LogP contribution in [-0.2, 0) is 9.53 Å². The number of carbonyl (C=O) groups excluding carboxylic acids is 1. The van der Waals surface area contributed by atoms with Gasteiger partial charge < -0.3 is 4.74 Å². The van der Waals surface area contributed by atoms with Crippen LogP contribution in [0.1, 0.15) is 32.3 Å². The average molecular weight is 289 g/mol. The summed E-state index contributed by atoms with van der Waals surface area (Å²) in [6, 6.07) is 6.12. The van der Waals surface area contributed by atoms with E-state index in [0.717, 1.165) is 29.7 Å². The molecule has 1 aromatic carbocycles. The molecule has 0 N–H and O–H groups in total. The van der Waals surface area contributed by atoms with Gasteiger partial charge in [0.1, 0.15) is 11.2 Å². The van der Waals surface area contributed by atoms with E-state index < -0.39 is 5.41 Å². The Morgan fingerprint density at radius 3 is 2.57 bits per heavy atom. The van der Waals surface area contributed by atoms with Crippen LogP contribution in [0.15, 0.2) is 35.3 Å². The Morgan fingerprint density at radius 1 is 1.33 bits per heavy atom. The zero-order valence-electron chi connectivity index (χ0n) is 12.6. The topological polar surface area (TPSA) is 38.7 Å². The molecule has 1 unspecified atom stereocenters. The number of benzene rings is 1. The normalized spacial score (nSPS) is 21.0. The SMILES string of the molecule is CCCCN=C(C)C1(C(=O)OC)C=C1c1ccc(F)cc1. The lowest BCUT2D eigenvalue weighted by Crippen LogP contribution is -2.28.